The van der Waals surface area contributed by atoms with Crippen molar-refractivity contribution in [2.24, 2.45) is 10.9 Å². The molecule has 0 radical (unpaired) electrons. The zero-order valence-electron chi connectivity index (χ0n) is 16.0. The number of hydrogen-bond acceptors (Lipinski definition) is 3. The molecular formula is C22H22FN3O2. The SMILES string of the molecule is Cc1cc2c(cc1C)N(CC(=O)Nc1ccccc1F)C(=O)C1CCCC1=N2. The zero-order chi connectivity index (χ0) is 19.8. The second-order valence-electron chi connectivity index (χ2n) is 7.43. The molecule has 0 saturated heterocycles. The highest BCUT2D eigenvalue weighted by Crippen LogP contribution is 2.39. The van der Waals surface area contributed by atoms with E-state index >= 15 is 0 Å². The third-order valence-electron chi connectivity index (χ3n) is 5.49. The first-order valence-corrected chi connectivity index (χ1v) is 9.48. The Labute approximate surface area is 163 Å². The average molecular weight is 379 g/mol. The van der Waals surface area contributed by atoms with Crippen LogP contribution in [0.25, 0.3) is 0 Å². The molecule has 5 nitrogen and oxygen atoms in total. The fourth-order valence-corrected chi connectivity index (χ4v) is 3.84. The van der Waals surface area contributed by atoms with Crippen molar-refractivity contribution in [3.05, 3.63) is 53.3 Å². The molecule has 6 heteroatoms. The number of aliphatic imine (C=N–C) groups is 1. The van der Waals surface area contributed by atoms with Gasteiger partial charge in [0, 0.05) is 5.71 Å². The molecule has 2 aromatic rings. The number of fused-ring (bicyclic) bond motifs is 2. The number of nitrogens with one attached hydrogen (secondary N) is 1. The maximum Gasteiger partial charge on any atom is 0.244 e. The Morgan fingerprint density at radius 2 is 2.00 bits per heavy atom. The van der Waals surface area contributed by atoms with Crippen molar-refractivity contribution < 1.29 is 14.0 Å². The van der Waals surface area contributed by atoms with Gasteiger partial charge in [-0.2, -0.15) is 0 Å². The van der Waals surface area contributed by atoms with Gasteiger partial charge in [-0.15, -0.1) is 0 Å². The van der Waals surface area contributed by atoms with Crippen molar-refractivity contribution >= 4 is 34.6 Å². The number of benzene rings is 2. The van der Waals surface area contributed by atoms with Crippen LogP contribution >= 0.6 is 0 Å². The Bertz CT molecular complexity index is 999. The molecule has 1 aliphatic carbocycles. The van der Waals surface area contributed by atoms with E-state index < -0.39 is 11.7 Å². The summed E-state index contributed by atoms with van der Waals surface area (Å²) in [6, 6.07) is 9.86. The smallest absolute Gasteiger partial charge is 0.244 e. The second kappa shape index (κ2) is 7.19. The lowest BCUT2D eigenvalue weighted by Crippen LogP contribution is -2.42. The quantitative estimate of drug-likeness (QED) is 0.864. The van der Waals surface area contributed by atoms with E-state index in [-0.39, 0.29) is 24.1 Å². The molecule has 1 N–H and O–H groups in total. The van der Waals surface area contributed by atoms with Crippen molar-refractivity contribution in [1.29, 1.82) is 0 Å². The first-order chi connectivity index (χ1) is 13.4. The van der Waals surface area contributed by atoms with Gasteiger partial charge < -0.3 is 10.2 Å². The van der Waals surface area contributed by atoms with E-state index in [0.717, 1.165) is 41.8 Å². The van der Waals surface area contributed by atoms with E-state index in [2.05, 4.69) is 5.32 Å². The summed E-state index contributed by atoms with van der Waals surface area (Å²) in [5.41, 5.74) is 4.47. The lowest BCUT2D eigenvalue weighted by Gasteiger charge is -2.25. The molecule has 1 heterocycles. The van der Waals surface area contributed by atoms with Crippen molar-refractivity contribution in [2.45, 2.75) is 33.1 Å². The van der Waals surface area contributed by atoms with E-state index in [4.69, 9.17) is 4.99 Å². The minimum atomic E-state index is -0.508. The molecule has 2 amide bonds. The van der Waals surface area contributed by atoms with Gasteiger partial charge in [0.1, 0.15) is 12.4 Å². The number of amides is 2. The first-order valence-electron chi connectivity index (χ1n) is 9.48. The fraction of sp³-hybridized carbons (Fsp3) is 0.318. The van der Waals surface area contributed by atoms with Crippen LogP contribution in [0, 0.1) is 25.6 Å². The summed E-state index contributed by atoms with van der Waals surface area (Å²) < 4.78 is 13.9. The maximum absolute atomic E-state index is 13.9. The Hall–Kier alpha value is -3.02. The molecule has 2 aliphatic rings. The van der Waals surface area contributed by atoms with Gasteiger partial charge in [0.2, 0.25) is 11.8 Å². The molecule has 0 spiro atoms. The number of aryl methyl sites for hydroxylation is 2. The van der Waals surface area contributed by atoms with Crippen molar-refractivity contribution in [1.82, 2.24) is 0 Å². The summed E-state index contributed by atoms with van der Waals surface area (Å²) in [7, 11) is 0. The molecule has 144 valence electrons. The number of carbonyl (C=O) groups is 2. The third-order valence-corrected chi connectivity index (χ3v) is 5.49. The molecule has 1 unspecified atom stereocenters. The van der Waals surface area contributed by atoms with Crippen LogP contribution in [0.3, 0.4) is 0 Å². The summed E-state index contributed by atoms with van der Waals surface area (Å²) in [4.78, 5) is 32.1. The Morgan fingerprint density at radius 1 is 1.25 bits per heavy atom. The summed E-state index contributed by atoms with van der Waals surface area (Å²) in [5, 5.41) is 2.57. The molecule has 1 atom stereocenters. The Kier molecular flexibility index (Phi) is 4.71. The fourth-order valence-electron chi connectivity index (χ4n) is 3.84. The molecular weight excluding hydrogens is 357 g/mol. The van der Waals surface area contributed by atoms with Crippen molar-refractivity contribution in [3.8, 4) is 0 Å². The highest BCUT2D eigenvalue weighted by atomic mass is 19.1. The van der Waals surface area contributed by atoms with E-state index in [1.54, 1.807) is 12.1 Å². The lowest BCUT2D eigenvalue weighted by molar-refractivity contribution is -0.123. The minimum absolute atomic E-state index is 0.105. The predicted molar refractivity (Wildman–Crippen MR) is 108 cm³/mol. The largest absolute Gasteiger partial charge is 0.322 e. The van der Waals surface area contributed by atoms with Crippen molar-refractivity contribution in [3.63, 3.8) is 0 Å². The molecule has 1 saturated carbocycles. The van der Waals surface area contributed by atoms with Crippen LogP contribution in [0.15, 0.2) is 41.4 Å². The summed E-state index contributed by atoms with van der Waals surface area (Å²) >= 11 is 0. The topological polar surface area (TPSA) is 61.8 Å². The van der Waals surface area contributed by atoms with E-state index in [0.29, 0.717) is 5.69 Å². The molecule has 2 aromatic carbocycles. The number of hydrogen-bond donors (Lipinski definition) is 1. The van der Waals surface area contributed by atoms with Crippen molar-refractivity contribution in [2.75, 3.05) is 16.8 Å². The summed E-state index contributed by atoms with van der Waals surface area (Å²) in [6.45, 7) is 3.79. The van der Waals surface area contributed by atoms with Gasteiger partial charge in [-0.25, -0.2) is 4.39 Å². The standard InChI is InChI=1S/C22H22FN3O2/c1-13-10-19-20(11-14(13)2)26(22(28)15-6-5-9-17(15)24-19)12-21(27)25-18-8-4-3-7-16(18)23/h3-4,7-8,10-11,15H,5-6,9,12H2,1-2H3,(H,25,27). The summed E-state index contributed by atoms with van der Waals surface area (Å²) in [5.74, 6) is -1.34. The van der Waals surface area contributed by atoms with Gasteiger partial charge >= 0.3 is 0 Å². The van der Waals surface area contributed by atoms with Crippen LogP contribution in [-0.4, -0.2) is 24.1 Å². The maximum atomic E-state index is 13.9. The molecule has 1 aliphatic heterocycles. The lowest BCUT2D eigenvalue weighted by atomic mass is 10.0. The van der Waals surface area contributed by atoms with E-state index in [1.165, 1.54) is 17.0 Å². The van der Waals surface area contributed by atoms with Gasteiger partial charge in [0.15, 0.2) is 0 Å². The van der Waals surface area contributed by atoms with Gasteiger partial charge in [-0.05, 0) is 68.5 Å². The molecule has 0 bridgehead atoms. The monoisotopic (exact) mass is 379 g/mol. The van der Waals surface area contributed by atoms with Crippen LogP contribution in [0.1, 0.15) is 30.4 Å². The number of para-hydroxylation sites is 1. The number of carbonyl (C=O) groups excluding carboxylic acids is 2. The molecule has 4 rings (SSSR count). The molecule has 1 fully saturated rings. The Balaban J connectivity index is 1.68. The molecule has 28 heavy (non-hydrogen) atoms. The molecule has 0 aromatic heterocycles. The van der Waals surface area contributed by atoms with Gasteiger partial charge in [-0.3, -0.25) is 14.6 Å². The highest BCUT2D eigenvalue weighted by Gasteiger charge is 2.37. The minimum Gasteiger partial charge on any atom is -0.322 e. The van der Waals surface area contributed by atoms with Gasteiger partial charge in [-0.1, -0.05) is 12.1 Å². The van der Waals surface area contributed by atoms with Gasteiger partial charge in [0.05, 0.1) is 23.0 Å². The van der Waals surface area contributed by atoms with Crippen LogP contribution in [0.2, 0.25) is 0 Å². The van der Waals surface area contributed by atoms with Gasteiger partial charge in [0.25, 0.3) is 0 Å². The first kappa shape index (κ1) is 18.3. The number of nitrogens with zero attached hydrogens (tertiary/aromatic N) is 2. The van der Waals surface area contributed by atoms with Crippen LogP contribution in [0.4, 0.5) is 21.5 Å². The average Bonchev–Trinajstić information content (AvgIpc) is 3.09. The number of anilines is 2. The van der Waals surface area contributed by atoms with Crippen LogP contribution in [-0.2, 0) is 9.59 Å². The zero-order valence-corrected chi connectivity index (χ0v) is 16.0. The summed E-state index contributed by atoms with van der Waals surface area (Å²) in [6.07, 6.45) is 2.47. The predicted octanol–water partition coefficient (Wildman–Crippen LogP) is 4.30. The number of rotatable bonds is 3. The third kappa shape index (κ3) is 3.30. The Morgan fingerprint density at radius 3 is 2.79 bits per heavy atom. The van der Waals surface area contributed by atoms with Crippen LogP contribution in [0.5, 0.6) is 0 Å². The van der Waals surface area contributed by atoms with Crippen LogP contribution < -0.4 is 10.2 Å². The number of halogens is 1. The van der Waals surface area contributed by atoms with E-state index in [1.807, 2.05) is 26.0 Å². The van der Waals surface area contributed by atoms with E-state index in [9.17, 15) is 14.0 Å². The second-order valence-corrected chi connectivity index (χ2v) is 7.43. The normalized spacial score (nSPS) is 18.2. The highest BCUT2D eigenvalue weighted by molar-refractivity contribution is 6.16.